The monoisotopic (exact) mass is 310 g/mol. The smallest absolute Gasteiger partial charge is 0.243 e. The molecule has 96 valence electrons. The third kappa shape index (κ3) is 2.22. The minimum atomic E-state index is 0.233. The summed E-state index contributed by atoms with van der Waals surface area (Å²) in [5, 5.41) is 17.0. The lowest BCUT2D eigenvalue weighted by atomic mass is 10.1. The van der Waals surface area contributed by atoms with Crippen LogP contribution < -0.4 is 5.32 Å². The molecule has 0 spiro atoms. The molecule has 1 aliphatic rings. The van der Waals surface area contributed by atoms with Crippen molar-refractivity contribution in [2.75, 3.05) is 11.9 Å². The zero-order valence-electron chi connectivity index (χ0n) is 9.88. The summed E-state index contributed by atoms with van der Waals surface area (Å²) < 4.78 is 2.72. The van der Waals surface area contributed by atoms with Crippen molar-refractivity contribution in [3.8, 4) is 0 Å². The topological polar surface area (TPSA) is 62.5 Å². The van der Waals surface area contributed by atoms with E-state index in [1.165, 1.54) is 0 Å². The van der Waals surface area contributed by atoms with Crippen molar-refractivity contribution < 1.29 is 5.11 Å². The molecular formula is C12H15BrN4O. The second-order valence-corrected chi connectivity index (χ2v) is 5.63. The van der Waals surface area contributed by atoms with E-state index in [-0.39, 0.29) is 12.6 Å². The van der Waals surface area contributed by atoms with Gasteiger partial charge in [-0.3, -0.25) is 0 Å². The van der Waals surface area contributed by atoms with Gasteiger partial charge in [-0.2, -0.15) is 4.98 Å². The first-order valence-electron chi connectivity index (χ1n) is 6.15. The molecule has 0 radical (unpaired) electrons. The fourth-order valence-corrected chi connectivity index (χ4v) is 2.86. The van der Waals surface area contributed by atoms with Gasteiger partial charge in [0.25, 0.3) is 0 Å². The van der Waals surface area contributed by atoms with Crippen LogP contribution in [-0.2, 0) is 0 Å². The van der Waals surface area contributed by atoms with Gasteiger partial charge in [0.05, 0.1) is 0 Å². The third-order valence-electron chi connectivity index (χ3n) is 3.50. The Labute approximate surface area is 113 Å². The molecule has 5 nitrogen and oxygen atoms in total. The number of nitrogens with zero attached hydrogens (tertiary/aromatic N) is 3. The summed E-state index contributed by atoms with van der Waals surface area (Å²) in [7, 11) is 0. The number of halogens is 1. The van der Waals surface area contributed by atoms with Crippen LogP contribution in [0.5, 0.6) is 0 Å². The number of hydrogen-bond acceptors (Lipinski definition) is 4. The van der Waals surface area contributed by atoms with Gasteiger partial charge in [0, 0.05) is 29.2 Å². The van der Waals surface area contributed by atoms with E-state index in [0.717, 1.165) is 29.4 Å². The molecule has 0 saturated heterocycles. The van der Waals surface area contributed by atoms with Gasteiger partial charge >= 0.3 is 0 Å². The van der Waals surface area contributed by atoms with Gasteiger partial charge in [-0.25, -0.2) is 4.52 Å². The number of aliphatic hydroxyl groups is 1. The molecular weight excluding hydrogens is 296 g/mol. The van der Waals surface area contributed by atoms with E-state index in [9.17, 15) is 5.11 Å². The second kappa shape index (κ2) is 4.85. The molecule has 2 heterocycles. The summed E-state index contributed by atoms with van der Waals surface area (Å²) in [6.07, 6.45) is 5.19. The van der Waals surface area contributed by atoms with Gasteiger partial charge in [0.2, 0.25) is 5.95 Å². The summed E-state index contributed by atoms with van der Waals surface area (Å²) in [6, 6.07) is 4.15. The Hall–Kier alpha value is -1.14. The van der Waals surface area contributed by atoms with E-state index in [1.807, 2.05) is 18.3 Å². The number of nitrogens with one attached hydrogen (secondary N) is 1. The molecule has 1 aliphatic carbocycles. The molecule has 1 fully saturated rings. The maximum absolute atomic E-state index is 9.30. The maximum atomic E-state index is 9.30. The average molecular weight is 311 g/mol. The summed E-state index contributed by atoms with van der Waals surface area (Å²) in [5.41, 5.74) is 0.819. The van der Waals surface area contributed by atoms with Crippen LogP contribution in [0.2, 0.25) is 0 Å². The van der Waals surface area contributed by atoms with E-state index in [2.05, 4.69) is 31.3 Å². The molecule has 2 atom stereocenters. The van der Waals surface area contributed by atoms with Crippen LogP contribution in [-0.4, -0.2) is 32.4 Å². The zero-order valence-corrected chi connectivity index (χ0v) is 11.5. The molecule has 2 unspecified atom stereocenters. The standard InChI is InChI=1S/C12H15BrN4O/c13-9-4-5-11-15-12(16-17(11)6-9)14-10-3-1-2-8(10)7-18/h4-6,8,10,18H,1-3,7H2,(H,14,16). The van der Waals surface area contributed by atoms with Crippen LogP contribution >= 0.6 is 15.9 Å². The molecule has 3 rings (SSSR count). The van der Waals surface area contributed by atoms with E-state index in [0.29, 0.717) is 11.9 Å². The molecule has 18 heavy (non-hydrogen) atoms. The van der Waals surface area contributed by atoms with Gasteiger partial charge in [-0.1, -0.05) is 6.42 Å². The fourth-order valence-electron chi connectivity index (χ4n) is 2.53. The maximum Gasteiger partial charge on any atom is 0.243 e. The number of pyridine rings is 1. The Morgan fingerprint density at radius 3 is 3.17 bits per heavy atom. The molecule has 2 aromatic heterocycles. The van der Waals surface area contributed by atoms with Gasteiger partial charge in [-0.05, 0) is 40.9 Å². The number of rotatable bonds is 3. The molecule has 0 bridgehead atoms. The van der Waals surface area contributed by atoms with Crippen molar-refractivity contribution in [3.63, 3.8) is 0 Å². The fraction of sp³-hybridized carbons (Fsp3) is 0.500. The predicted octanol–water partition coefficient (Wildman–Crippen LogP) is 2.06. The quantitative estimate of drug-likeness (QED) is 0.911. The van der Waals surface area contributed by atoms with Gasteiger partial charge in [0.15, 0.2) is 5.65 Å². The summed E-state index contributed by atoms with van der Waals surface area (Å²) in [4.78, 5) is 4.42. The number of aromatic nitrogens is 3. The van der Waals surface area contributed by atoms with Crippen LogP contribution in [0, 0.1) is 5.92 Å². The number of anilines is 1. The Bertz CT molecular complexity index is 556. The molecule has 6 heteroatoms. The van der Waals surface area contributed by atoms with E-state index < -0.39 is 0 Å². The average Bonchev–Trinajstić information content (AvgIpc) is 2.94. The molecule has 1 saturated carbocycles. The van der Waals surface area contributed by atoms with E-state index in [1.54, 1.807) is 4.52 Å². The van der Waals surface area contributed by atoms with Crippen molar-refractivity contribution >= 4 is 27.5 Å². The van der Waals surface area contributed by atoms with E-state index in [4.69, 9.17) is 0 Å². The first kappa shape index (κ1) is 11.9. The lowest BCUT2D eigenvalue weighted by Gasteiger charge is -2.17. The highest BCUT2D eigenvalue weighted by Gasteiger charge is 2.27. The van der Waals surface area contributed by atoms with Crippen molar-refractivity contribution in [2.45, 2.75) is 25.3 Å². The molecule has 0 aliphatic heterocycles. The number of aliphatic hydroxyl groups excluding tert-OH is 1. The van der Waals surface area contributed by atoms with Gasteiger partial charge in [-0.15, -0.1) is 5.10 Å². The highest BCUT2D eigenvalue weighted by atomic mass is 79.9. The lowest BCUT2D eigenvalue weighted by Crippen LogP contribution is -2.26. The third-order valence-corrected chi connectivity index (χ3v) is 3.97. The van der Waals surface area contributed by atoms with Crippen LogP contribution in [0.3, 0.4) is 0 Å². The summed E-state index contributed by atoms with van der Waals surface area (Å²) >= 11 is 3.41. The summed E-state index contributed by atoms with van der Waals surface area (Å²) in [6.45, 7) is 0.233. The zero-order chi connectivity index (χ0) is 12.5. The highest BCUT2D eigenvalue weighted by Crippen LogP contribution is 2.27. The summed E-state index contributed by atoms with van der Waals surface area (Å²) in [5.74, 6) is 0.960. The van der Waals surface area contributed by atoms with Crippen molar-refractivity contribution in [1.29, 1.82) is 0 Å². The minimum absolute atomic E-state index is 0.233. The van der Waals surface area contributed by atoms with Crippen molar-refractivity contribution in [3.05, 3.63) is 22.8 Å². The normalized spacial score (nSPS) is 23.7. The Morgan fingerprint density at radius 1 is 1.44 bits per heavy atom. The Kier molecular flexibility index (Phi) is 3.22. The van der Waals surface area contributed by atoms with Crippen LogP contribution in [0.15, 0.2) is 22.8 Å². The molecule has 0 aromatic carbocycles. The van der Waals surface area contributed by atoms with Gasteiger partial charge < -0.3 is 10.4 Å². The van der Waals surface area contributed by atoms with Crippen LogP contribution in [0.4, 0.5) is 5.95 Å². The first-order valence-corrected chi connectivity index (χ1v) is 6.95. The van der Waals surface area contributed by atoms with Crippen molar-refractivity contribution in [1.82, 2.24) is 14.6 Å². The second-order valence-electron chi connectivity index (χ2n) is 4.71. The van der Waals surface area contributed by atoms with E-state index >= 15 is 0 Å². The highest BCUT2D eigenvalue weighted by molar-refractivity contribution is 9.10. The van der Waals surface area contributed by atoms with Crippen LogP contribution in [0.25, 0.3) is 5.65 Å². The Balaban J connectivity index is 1.82. The predicted molar refractivity (Wildman–Crippen MR) is 72.5 cm³/mol. The number of fused-ring (bicyclic) bond motifs is 1. The lowest BCUT2D eigenvalue weighted by molar-refractivity contribution is 0.222. The molecule has 0 amide bonds. The van der Waals surface area contributed by atoms with Crippen LogP contribution in [0.1, 0.15) is 19.3 Å². The van der Waals surface area contributed by atoms with Gasteiger partial charge in [0.1, 0.15) is 0 Å². The number of hydrogen-bond donors (Lipinski definition) is 2. The Morgan fingerprint density at radius 2 is 2.33 bits per heavy atom. The first-order chi connectivity index (χ1) is 8.76. The SMILES string of the molecule is OCC1CCCC1Nc1nc2ccc(Br)cn2n1. The largest absolute Gasteiger partial charge is 0.396 e. The minimum Gasteiger partial charge on any atom is -0.396 e. The molecule has 2 aromatic rings. The van der Waals surface area contributed by atoms with Crippen molar-refractivity contribution in [2.24, 2.45) is 5.92 Å². The molecule has 2 N–H and O–H groups in total.